The Hall–Kier alpha value is -1.71. The third-order valence-corrected chi connectivity index (χ3v) is 4.13. The van der Waals surface area contributed by atoms with Crippen LogP contribution in [0.2, 0.25) is 0 Å². The molecule has 1 aromatic rings. The fraction of sp³-hybridized carbons (Fsp3) is 0.812. The molecule has 1 aliphatic heterocycles. The largest absolute Gasteiger partial charge is 0.380 e. The molecular weight excluding hydrogens is 322 g/mol. The number of morpholine rings is 1. The standard InChI is InChI=1S/C16H31N7O2/c1-4-24-10-6-18-16(17-5-7-23-8-11-25-12-9-23)19-13-15-21-20-14(2)22(15)3/h4-13H2,1-3H3,(H2,17,18,19). The van der Waals surface area contributed by atoms with E-state index >= 15 is 0 Å². The van der Waals surface area contributed by atoms with Gasteiger partial charge in [0.1, 0.15) is 12.4 Å². The zero-order valence-electron chi connectivity index (χ0n) is 15.6. The van der Waals surface area contributed by atoms with Crippen molar-refractivity contribution in [3.8, 4) is 0 Å². The Morgan fingerprint density at radius 3 is 2.68 bits per heavy atom. The second-order valence-corrected chi connectivity index (χ2v) is 5.89. The Kier molecular flexibility index (Phi) is 8.64. The van der Waals surface area contributed by atoms with Crippen LogP contribution in [0.15, 0.2) is 4.99 Å². The van der Waals surface area contributed by atoms with Crippen molar-refractivity contribution >= 4 is 5.96 Å². The van der Waals surface area contributed by atoms with Gasteiger partial charge in [0, 0.05) is 46.4 Å². The van der Waals surface area contributed by atoms with Crippen LogP contribution in [-0.4, -0.2) is 84.8 Å². The second-order valence-electron chi connectivity index (χ2n) is 5.89. The number of aromatic nitrogens is 3. The Labute approximate surface area is 149 Å². The summed E-state index contributed by atoms with van der Waals surface area (Å²) in [6, 6.07) is 0. The summed E-state index contributed by atoms with van der Waals surface area (Å²) in [5.74, 6) is 2.50. The van der Waals surface area contributed by atoms with E-state index in [1.54, 1.807) is 0 Å². The van der Waals surface area contributed by atoms with Crippen molar-refractivity contribution in [3.63, 3.8) is 0 Å². The van der Waals surface area contributed by atoms with Crippen LogP contribution in [0.25, 0.3) is 0 Å². The molecule has 0 atom stereocenters. The topological polar surface area (TPSA) is 88.8 Å². The lowest BCUT2D eigenvalue weighted by Crippen LogP contribution is -2.45. The van der Waals surface area contributed by atoms with Crippen molar-refractivity contribution < 1.29 is 9.47 Å². The number of guanidine groups is 1. The van der Waals surface area contributed by atoms with Crippen LogP contribution in [0.5, 0.6) is 0 Å². The van der Waals surface area contributed by atoms with E-state index in [1.165, 1.54) is 0 Å². The maximum atomic E-state index is 5.38. The van der Waals surface area contributed by atoms with E-state index in [9.17, 15) is 0 Å². The van der Waals surface area contributed by atoms with Crippen molar-refractivity contribution in [3.05, 3.63) is 11.6 Å². The lowest BCUT2D eigenvalue weighted by Gasteiger charge is -2.26. The summed E-state index contributed by atoms with van der Waals surface area (Å²) in [6.45, 7) is 11.9. The van der Waals surface area contributed by atoms with E-state index in [0.717, 1.165) is 70.2 Å². The van der Waals surface area contributed by atoms with Crippen LogP contribution in [0.1, 0.15) is 18.6 Å². The maximum Gasteiger partial charge on any atom is 0.191 e. The summed E-state index contributed by atoms with van der Waals surface area (Å²) >= 11 is 0. The monoisotopic (exact) mass is 353 g/mol. The molecule has 0 bridgehead atoms. The van der Waals surface area contributed by atoms with Gasteiger partial charge < -0.3 is 24.7 Å². The molecule has 142 valence electrons. The zero-order valence-corrected chi connectivity index (χ0v) is 15.6. The highest BCUT2D eigenvalue weighted by atomic mass is 16.5. The molecule has 2 rings (SSSR count). The first-order chi connectivity index (χ1) is 12.2. The number of ether oxygens (including phenoxy) is 2. The number of aliphatic imine (C=N–C) groups is 1. The molecule has 9 heteroatoms. The minimum atomic E-state index is 0.485. The maximum absolute atomic E-state index is 5.38. The van der Waals surface area contributed by atoms with E-state index in [4.69, 9.17) is 9.47 Å². The number of rotatable bonds is 9. The number of nitrogens with zero attached hydrogens (tertiary/aromatic N) is 5. The highest BCUT2D eigenvalue weighted by molar-refractivity contribution is 5.79. The molecule has 25 heavy (non-hydrogen) atoms. The normalized spacial score (nSPS) is 16.2. The SMILES string of the molecule is CCOCCNC(=NCc1nnc(C)n1C)NCCN1CCOCC1. The van der Waals surface area contributed by atoms with Crippen LogP contribution in [-0.2, 0) is 23.1 Å². The zero-order chi connectivity index (χ0) is 17.9. The van der Waals surface area contributed by atoms with E-state index in [-0.39, 0.29) is 0 Å². The number of aryl methyl sites for hydroxylation is 1. The van der Waals surface area contributed by atoms with E-state index in [0.29, 0.717) is 13.2 Å². The second kappa shape index (κ2) is 11.0. The Bertz CT molecular complexity index is 527. The summed E-state index contributed by atoms with van der Waals surface area (Å²) in [4.78, 5) is 7.01. The van der Waals surface area contributed by atoms with Gasteiger partial charge in [0.15, 0.2) is 11.8 Å². The third kappa shape index (κ3) is 6.97. The quantitative estimate of drug-likeness (QED) is 0.352. The Morgan fingerprint density at radius 2 is 2.00 bits per heavy atom. The van der Waals surface area contributed by atoms with Gasteiger partial charge in [0.2, 0.25) is 0 Å². The molecule has 0 saturated carbocycles. The van der Waals surface area contributed by atoms with Gasteiger partial charge in [-0.25, -0.2) is 4.99 Å². The van der Waals surface area contributed by atoms with Crippen LogP contribution < -0.4 is 10.6 Å². The number of hydrogen-bond donors (Lipinski definition) is 2. The lowest BCUT2D eigenvalue weighted by atomic mass is 10.4. The number of nitrogens with one attached hydrogen (secondary N) is 2. The summed E-state index contributed by atoms with van der Waals surface area (Å²) < 4.78 is 12.7. The fourth-order valence-electron chi connectivity index (χ4n) is 2.46. The smallest absolute Gasteiger partial charge is 0.191 e. The molecule has 0 aliphatic carbocycles. The van der Waals surface area contributed by atoms with Crippen molar-refractivity contribution in [2.75, 3.05) is 59.2 Å². The molecule has 0 amide bonds. The van der Waals surface area contributed by atoms with Gasteiger partial charge in [-0.15, -0.1) is 10.2 Å². The van der Waals surface area contributed by atoms with Gasteiger partial charge in [-0.05, 0) is 13.8 Å². The molecule has 1 aliphatic rings. The van der Waals surface area contributed by atoms with Crippen molar-refractivity contribution in [2.45, 2.75) is 20.4 Å². The van der Waals surface area contributed by atoms with Gasteiger partial charge in [-0.2, -0.15) is 0 Å². The Morgan fingerprint density at radius 1 is 1.24 bits per heavy atom. The minimum Gasteiger partial charge on any atom is -0.380 e. The molecular formula is C16H31N7O2. The molecule has 1 saturated heterocycles. The molecule has 2 N–H and O–H groups in total. The van der Waals surface area contributed by atoms with Crippen LogP contribution in [0.3, 0.4) is 0 Å². The predicted octanol–water partition coefficient (Wildman–Crippen LogP) is -0.473. The highest BCUT2D eigenvalue weighted by Gasteiger charge is 2.10. The van der Waals surface area contributed by atoms with Crippen molar-refractivity contribution in [1.82, 2.24) is 30.3 Å². The summed E-state index contributed by atoms with van der Waals surface area (Å²) in [5.41, 5.74) is 0. The summed E-state index contributed by atoms with van der Waals surface area (Å²) in [6.07, 6.45) is 0. The number of hydrogen-bond acceptors (Lipinski definition) is 6. The van der Waals surface area contributed by atoms with Gasteiger partial charge in [-0.1, -0.05) is 0 Å². The molecule has 0 spiro atoms. The molecule has 1 aromatic heterocycles. The average molecular weight is 353 g/mol. The fourth-order valence-corrected chi connectivity index (χ4v) is 2.46. The van der Waals surface area contributed by atoms with E-state index in [2.05, 4.69) is 30.7 Å². The van der Waals surface area contributed by atoms with E-state index < -0.39 is 0 Å². The van der Waals surface area contributed by atoms with Gasteiger partial charge >= 0.3 is 0 Å². The molecule has 0 unspecified atom stereocenters. The average Bonchev–Trinajstić information content (AvgIpc) is 2.95. The molecule has 0 radical (unpaired) electrons. The molecule has 0 aromatic carbocycles. The predicted molar refractivity (Wildman–Crippen MR) is 96.6 cm³/mol. The van der Waals surface area contributed by atoms with Crippen molar-refractivity contribution in [2.24, 2.45) is 12.0 Å². The van der Waals surface area contributed by atoms with E-state index in [1.807, 2.05) is 25.5 Å². The third-order valence-electron chi connectivity index (χ3n) is 4.13. The molecule has 9 nitrogen and oxygen atoms in total. The lowest BCUT2D eigenvalue weighted by molar-refractivity contribution is 0.0389. The summed E-state index contributed by atoms with van der Waals surface area (Å²) in [7, 11) is 1.95. The first-order valence-corrected chi connectivity index (χ1v) is 8.95. The van der Waals surface area contributed by atoms with Crippen molar-refractivity contribution in [1.29, 1.82) is 0 Å². The van der Waals surface area contributed by atoms with Gasteiger partial charge in [0.25, 0.3) is 0 Å². The van der Waals surface area contributed by atoms with Gasteiger partial charge in [0.05, 0.1) is 19.8 Å². The van der Waals surface area contributed by atoms with Crippen LogP contribution >= 0.6 is 0 Å². The first kappa shape index (κ1) is 19.6. The first-order valence-electron chi connectivity index (χ1n) is 8.95. The Balaban J connectivity index is 1.82. The minimum absolute atomic E-state index is 0.485. The van der Waals surface area contributed by atoms with Crippen LogP contribution in [0.4, 0.5) is 0 Å². The molecule has 1 fully saturated rings. The molecule has 2 heterocycles. The highest BCUT2D eigenvalue weighted by Crippen LogP contribution is 1.99. The summed E-state index contributed by atoms with van der Waals surface area (Å²) in [5, 5.41) is 14.9. The van der Waals surface area contributed by atoms with Crippen LogP contribution in [0, 0.1) is 6.92 Å². The van der Waals surface area contributed by atoms with Gasteiger partial charge in [-0.3, -0.25) is 4.90 Å².